The number of carboxylic acid groups (broad SMARTS) is 1. The van der Waals surface area contributed by atoms with E-state index in [-0.39, 0.29) is 5.75 Å². The van der Waals surface area contributed by atoms with Crippen LogP contribution in [-0.4, -0.2) is 36.7 Å². The van der Waals surface area contributed by atoms with Crippen molar-refractivity contribution in [3.05, 3.63) is 35.9 Å². The average molecular weight is 265 g/mol. The van der Waals surface area contributed by atoms with Crippen molar-refractivity contribution in [3.8, 4) is 0 Å². The summed E-state index contributed by atoms with van der Waals surface area (Å²) in [6.45, 7) is 0. The number of nitrogens with two attached hydrogens (primary N) is 1. The van der Waals surface area contributed by atoms with Crippen LogP contribution < -0.4 is 5.84 Å². The fraction of sp³-hybridized carbons (Fsp3) is 0.200. The van der Waals surface area contributed by atoms with E-state index in [1.165, 1.54) is 4.68 Å². The van der Waals surface area contributed by atoms with Crippen LogP contribution in [0.4, 0.5) is 0 Å². The molecule has 94 valence electrons. The summed E-state index contributed by atoms with van der Waals surface area (Å²) in [4.78, 5) is 14.5. The van der Waals surface area contributed by atoms with Gasteiger partial charge in [-0.25, -0.2) is 4.68 Å². The number of pyridine rings is 1. The van der Waals surface area contributed by atoms with E-state index >= 15 is 0 Å². The Morgan fingerprint density at radius 1 is 1.50 bits per heavy atom. The molecule has 0 saturated heterocycles. The van der Waals surface area contributed by atoms with E-state index in [9.17, 15) is 4.79 Å². The zero-order valence-electron chi connectivity index (χ0n) is 9.35. The third-order valence-electron chi connectivity index (χ3n) is 2.14. The molecule has 0 fully saturated rings. The monoisotopic (exact) mass is 265 g/mol. The smallest absolute Gasteiger partial charge is 0.313 e. The second-order valence-corrected chi connectivity index (χ2v) is 4.43. The number of aliphatic carboxylic acids is 1. The van der Waals surface area contributed by atoms with E-state index in [0.717, 1.165) is 17.3 Å². The van der Waals surface area contributed by atoms with E-state index < -0.39 is 5.97 Å². The van der Waals surface area contributed by atoms with Gasteiger partial charge in [-0.15, -0.1) is 10.2 Å². The van der Waals surface area contributed by atoms with Crippen molar-refractivity contribution in [1.29, 1.82) is 0 Å². The van der Waals surface area contributed by atoms with Crippen molar-refractivity contribution < 1.29 is 9.90 Å². The summed E-state index contributed by atoms with van der Waals surface area (Å²) in [6, 6.07) is 3.73. The summed E-state index contributed by atoms with van der Waals surface area (Å²) >= 11 is 1.04. The lowest BCUT2D eigenvalue weighted by atomic mass is 10.2. The fourth-order valence-corrected chi connectivity index (χ4v) is 1.93. The van der Waals surface area contributed by atoms with E-state index in [1.54, 1.807) is 12.4 Å². The molecule has 18 heavy (non-hydrogen) atoms. The van der Waals surface area contributed by atoms with Gasteiger partial charge in [0.2, 0.25) is 5.16 Å². The predicted octanol–water partition coefficient (Wildman–Crippen LogP) is 0.154. The van der Waals surface area contributed by atoms with Gasteiger partial charge in [-0.3, -0.25) is 9.78 Å². The number of aromatic nitrogens is 4. The van der Waals surface area contributed by atoms with Crippen LogP contribution in [0.2, 0.25) is 0 Å². The van der Waals surface area contributed by atoms with Gasteiger partial charge < -0.3 is 10.9 Å². The molecule has 8 heteroatoms. The molecule has 0 aliphatic carbocycles. The van der Waals surface area contributed by atoms with Gasteiger partial charge in [0.15, 0.2) is 5.82 Å². The van der Waals surface area contributed by atoms with Gasteiger partial charge in [0.25, 0.3) is 0 Å². The molecule has 2 rings (SSSR count). The molecule has 0 saturated carbocycles. The van der Waals surface area contributed by atoms with Gasteiger partial charge in [0.1, 0.15) is 0 Å². The molecular weight excluding hydrogens is 254 g/mol. The van der Waals surface area contributed by atoms with Gasteiger partial charge in [0, 0.05) is 18.8 Å². The first kappa shape index (κ1) is 12.4. The molecule has 0 amide bonds. The topological polar surface area (TPSA) is 107 Å². The normalized spacial score (nSPS) is 10.4. The molecular formula is C10H11N5O2S. The maximum absolute atomic E-state index is 10.5. The number of rotatable bonds is 5. The van der Waals surface area contributed by atoms with Crippen LogP contribution in [0.15, 0.2) is 29.7 Å². The first-order valence-electron chi connectivity index (χ1n) is 5.09. The van der Waals surface area contributed by atoms with Crippen molar-refractivity contribution in [2.75, 3.05) is 11.6 Å². The van der Waals surface area contributed by atoms with Crippen molar-refractivity contribution in [2.24, 2.45) is 0 Å². The predicted molar refractivity (Wildman–Crippen MR) is 65.6 cm³/mol. The molecule has 0 bridgehead atoms. The van der Waals surface area contributed by atoms with E-state index in [2.05, 4.69) is 15.2 Å². The molecule has 0 aromatic carbocycles. The van der Waals surface area contributed by atoms with Crippen LogP contribution in [-0.2, 0) is 11.2 Å². The van der Waals surface area contributed by atoms with E-state index in [1.807, 2.05) is 12.1 Å². The summed E-state index contributed by atoms with van der Waals surface area (Å²) in [5, 5.41) is 16.8. The van der Waals surface area contributed by atoms with Crippen LogP contribution in [0, 0.1) is 0 Å². The summed E-state index contributed by atoms with van der Waals surface area (Å²) in [6.07, 6.45) is 3.91. The maximum atomic E-state index is 10.5. The zero-order valence-corrected chi connectivity index (χ0v) is 10.2. The molecule has 0 unspecified atom stereocenters. The standard InChI is InChI=1S/C10H11N5O2S/c11-15-8(4-7-2-1-3-12-5-7)13-14-10(15)18-6-9(16)17/h1-3,5H,4,6,11H2,(H,16,17). The Kier molecular flexibility index (Phi) is 3.78. The quantitative estimate of drug-likeness (QED) is 0.585. The molecule has 0 aliphatic rings. The van der Waals surface area contributed by atoms with Crippen molar-refractivity contribution >= 4 is 17.7 Å². The molecule has 2 aromatic heterocycles. The zero-order chi connectivity index (χ0) is 13.0. The maximum Gasteiger partial charge on any atom is 0.313 e. The van der Waals surface area contributed by atoms with Crippen LogP contribution in [0.1, 0.15) is 11.4 Å². The lowest BCUT2D eigenvalue weighted by molar-refractivity contribution is -0.133. The molecule has 2 heterocycles. The minimum Gasteiger partial charge on any atom is -0.481 e. The highest BCUT2D eigenvalue weighted by molar-refractivity contribution is 7.99. The highest BCUT2D eigenvalue weighted by Gasteiger charge is 2.12. The first-order valence-corrected chi connectivity index (χ1v) is 6.08. The van der Waals surface area contributed by atoms with Gasteiger partial charge >= 0.3 is 5.97 Å². The SMILES string of the molecule is Nn1c(Cc2cccnc2)nnc1SCC(=O)O. The van der Waals surface area contributed by atoms with E-state index in [0.29, 0.717) is 17.4 Å². The largest absolute Gasteiger partial charge is 0.481 e. The van der Waals surface area contributed by atoms with Crippen LogP contribution in [0.25, 0.3) is 0 Å². The number of hydrogen-bond donors (Lipinski definition) is 2. The highest BCUT2D eigenvalue weighted by Crippen LogP contribution is 2.15. The molecule has 0 radical (unpaired) electrons. The Hall–Kier alpha value is -2.09. The number of hydrogen-bond acceptors (Lipinski definition) is 6. The fourth-order valence-electron chi connectivity index (χ4n) is 1.34. The molecule has 0 aliphatic heterocycles. The molecule has 0 spiro atoms. The number of thioether (sulfide) groups is 1. The van der Waals surface area contributed by atoms with Crippen molar-refractivity contribution in [2.45, 2.75) is 11.6 Å². The highest BCUT2D eigenvalue weighted by atomic mass is 32.2. The average Bonchev–Trinajstić information content (AvgIpc) is 2.70. The van der Waals surface area contributed by atoms with Crippen LogP contribution in [0.5, 0.6) is 0 Å². The second kappa shape index (κ2) is 5.50. The number of nitrogen functional groups attached to an aromatic ring is 1. The number of carboxylic acids is 1. The lowest BCUT2D eigenvalue weighted by Gasteiger charge is -2.02. The van der Waals surface area contributed by atoms with Crippen LogP contribution in [0.3, 0.4) is 0 Å². The first-order chi connectivity index (χ1) is 8.66. The molecule has 2 aromatic rings. The summed E-state index contributed by atoms with van der Waals surface area (Å²) in [5.74, 6) is 5.35. The molecule has 0 atom stereocenters. The lowest BCUT2D eigenvalue weighted by Crippen LogP contribution is -2.15. The summed E-state index contributed by atoms with van der Waals surface area (Å²) in [5.41, 5.74) is 0.964. The molecule has 7 nitrogen and oxygen atoms in total. The minimum atomic E-state index is -0.920. The summed E-state index contributed by atoms with van der Waals surface area (Å²) in [7, 11) is 0. The van der Waals surface area contributed by atoms with Crippen molar-refractivity contribution in [1.82, 2.24) is 19.9 Å². The third-order valence-corrected chi connectivity index (χ3v) is 3.07. The third kappa shape index (κ3) is 2.98. The molecule has 3 N–H and O–H groups in total. The van der Waals surface area contributed by atoms with Gasteiger partial charge in [-0.2, -0.15) is 0 Å². The van der Waals surface area contributed by atoms with E-state index in [4.69, 9.17) is 10.9 Å². The Balaban J connectivity index is 2.08. The minimum absolute atomic E-state index is 0.0950. The number of carbonyl (C=O) groups is 1. The van der Waals surface area contributed by atoms with Gasteiger partial charge in [0.05, 0.1) is 5.75 Å². The Bertz CT molecular complexity index is 542. The second-order valence-electron chi connectivity index (χ2n) is 3.49. The Morgan fingerprint density at radius 2 is 2.33 bits per heavy atom. The van der Waals surface area contributed by atoms with Gasteiger partial charge in [-0.05, 0) is 11.6 Å². The summed E-state index contributed by atoms with van der Waals surface area (Å²) < 4.78 is 1.31. The Morgan fingerprint density at radius 3 is 3.00 bits per heavy atom. The van der Waals surface area contributed by atoms with Crippen LogP contribution >= 0.6 is 11.8 Å². The Labute approximate surface area is 107 Å². The van der Waals surface area contributed by atoms with Crippen molar-refractivity contribution in [3.63, 3.8) is 0 Å². The number of nitrogens with zero attached hydrogens (tertiary/aromatic N) is 4. The van der Waals surface area contributed by atoms with Gasteiger partial charge in [-0.1, -0.05) is 17.8 Å².